The van der Waals surface area contributed by atoms with Crippen molar-refractivity contribution < 1.29 is 19.1 Å². The third-order valence-electron chi connectivity index (χ3n) is 2.54. The van der Waals surface area contributed by atoms with Gasteiger partial charge in [0.1, 0.15) is 11.6 Å². The highest BCUT2D eigenvalue weighted by molar-refractivity contribution is 5.84. The highest BCUT2D eigenvalue weighted by Gasteiger charge is 2.28. The summed E-state index contributed by atoms with van der Waals surface area (Å²) in [5.74, 6) is -0.541. The molecule has 0 aromatic heterocycles. The molecule has 0 bridgehead atoms. The van der Waals surface area contributed by atoms with Gasteiger partial charge in [-0.25, -0.2) is 4.79 Å². The van der Waals surface area contributed by atoms with Crippen LogP contribution in [0.1, 0.15) is 54.4 Å². The fourth-order valence-electron chi connectivity index (χ4n) is 1.59. The molecule has 0 unspecified atom stereocenters. The summed E-state index contributed by atoms with van der Waals surface area (Å²) in [6.45, 7) is 12.3. The van der Waals surface area contributed by atoms with E-state index < -0.39 is 11.6 Å². The highest BCUT2D eigenvalue weighted by atomic mass is 16.6. The van der Waals surface area contributed by atoms with E-state index in [-0.39, 0.29) is 17.8 Å². The molecule has 0 aliphatic carbocycles. The van der Waals surface area contributed by atoms with Crippen molar-refractivity contribution in [3.05, 3.63) is 0 Å². The fourth-order valence-corrected chi connectivity index (χ4v) is 1.59. The zero-order valence-corrected chi connectivity index (χ0v) is 13.6. The van der Waals surface area contributed by atoms with Crippen molar-refractivity contribution in [3.8, 4) is 0 Å². The zero-order valence-electron chi connectivity index (χ0n) is 13.6. The molecule has 118 valence electrons. The molecule has 0 saturated carbocycles. The number of ether oxygens (including phenoxy) is 2. The summed E-state index contributed by atoms with van der Waals surface area (Å²) in [5, 5.41) is 2.75. The lowest BCUT2D eigenvalue weighted by molar-refractivity contribution is -0.160. The van der Waals surface area contributed by atoms with Crippen LogP contribution in [0.3, 0.4) is 0 Å². The van der Waals surface area contributed by atoms with E-state index in [9.17, 15) is 9.59 Å². The van der Waals surface area contributed by atoms with Crippen LogP contribution in [-0.2, 0) is 19.1 Å². The average molecular weight is 287 g/mol. The van der Waals surface area contributed by atoms with Gasteiger partial charge in [0.15, 0.2) is 0 Å². The number of hydrogen-bond acceptors (Lipinski definition) is 4. The highest BCUT2D eigenvalue weighted by Crippen LogP contribution is 2.12. The lowest BCUT2D eigenvalue weighted by Crippen LogP contribution is -2.47. The summed E-state index contributed by atoms with van der Waals surface area (Å²) in [4.78, 5) is 23.9. The molecule has 0 aliphatic rings. The maximum absolute atomic E-state index is 12.1. The molecule has 1 atom stereocenters. The average Bonchev–Trinajstić information content (AvgIpc) is 2.29. The van der Waals surface area contributed by atoms with E-state index in [0.717, 1.165) is 0 Å². The SMILES string of the molecule is CCOCCCC(=O)N[C@H](C(=O)OC(C)(C)C)C(C)C. The predicted molar refractivity (Wildman–Crippen MR) is 78.3 cm³/mol. The molecule has 0 saturated heterocycles. The number of esters is 1. The van der Waals surface area contributed by atoms with Gasteiger partial charge in [-0.3, -0.25) is 4.79 Å². The van der Waals surface area contributed by atoms with E-state index in [0.29, 0.717) is 26.1 Å². The van der Waals surface area contributed by atoms with Crippen LogP contribution in [0, 0.1) is 5.92 Å². The zero-order chi connectivity index (χ0) is 15.8. The Labute approximate surface area is 122 Å². The van der Waals surface area contributed by atoms with Gasteiger partial charge in [-0.2, -0.15) is 0 Å². The van der Waals surface area contributed by atoms with Gasteiger partial charge in [0, 0.05) is 19.6 Å². The quantitative estimate of drug-likeness (QED) is 0.549. The number of rotatable bonds is 8. The maximum Gasteiger partial charge on any atom is 0.329 e. The monoisotopic (exact) mass is 287 g/mol. The minimum atomic E-state index is -0.603. The minimum absolute atomic E-state index is 0.0132. The Morgan fingerprint density at radius 3 is 2.25 bits per heavy atom. The fraction of sp³-hybridized carbons (Fsp3) is 0.867. The van der Waals surface area contributed by atoms with E-state index >= 15 is 0 Å². The van der Waals surface area contributed by atoms with E-state index in [4.69, 9.17) is 9.47 Å². The standard InChI is InChI=1S/C15H29NO4/c1-7-19-10-8-9-12(17)16-13(11(2)3)14(18)20-15(4,5)6/h11,13H,7-10H2,1-6H3,(H,16,17)/t13-/m0/s1. The Morgan fingerprint density at radius 2 is 1.80 bits per heavy atom. The third-order valence-corrected chi connectivity index (χ3v) is 2.54. The molecule has 0 rings (SSSR count). The Morgan fingerprint density at radius 1 is 1.20 bits per heavy atom. The molecular formula is C15H29NO4. The molecule has 0 aliphatic heterocycles. The van der Waals surface area contributed by atoms with Gasteiger partial charge in [-0.1, -0.05) is 13.8 Å². The number of carbonyl (C=O) groups excluding carboxylic acids is 2. The Hall–Kier alpha value is -1.10. The smallest absolute Gasteiger partial charge is 0.329 e. The van der Waals surface area contributed by atoms with Crippen LogP contribution in [0.15, 0.2) is 0 Å². The third kappa shape index (κ3) is 8.91. The van der Waals surface area contributed by atoms with Crippen LogP contribution in [0.25, 0.3) is 0 Å². The summed E-state index contributed by atoms with van der Waals surface area (Å²) in [6.07, 6.45) is 1.00. The molecule has 0 heterocycles. The second-order valence-corrected chi connectivity index (χ2v) is 6.12. The van der Waals surface area contributed by atoms with E-state index in [1.165, 1.54) is 0 Å². The second-order valence-electron chi connectivity index (χ2n) is 6.12. The van der Waals surface area contributed by atoms with Crippen LogP contribution in [0.4, 0.5) is 0 Å². The van der Waals surface area contributed by atoms with E-state index in [2.05, 4.69) is 5.32 Å². The largest absolute Gasteiger partial charge is 0.458 e. The Kier molecular flexibility index (Phi) is 8.46. The predicted octanol–water partition coefficient (Wildman–Crippen LogP) is 2.29. The first kappa shape index (κ1) is 18.9. The molecule has 0 radical (unpaired) electrons. The molecule has 5 nitrogen and oxygen atoms in total. The van der Waals surface area contributed by atoms with E-state index in [1.807, 2.05) is 41.5 Å². The first-order valence-corrected chi connectivity index (χ1v) is 7.27. The van der Waals surface area contributed by atoms with Gasteiger partial charge >= 0.3 is 5.97 Å². The number of hydrogen-bond donors (Lipinski definition) is 1. The minimum Gasteiger partial charge on any atom is -0.458 e. The van der Waals surface area contributed by atoms with Gasteiger partial charge in [0.2, 0.25) is 5.91 Å². The van der Waals surface area contributed by atoms with Crippen molar-refractivity contribution in [1.29, 1.82) is 0 Å². The van der Waals surface area contributed by atoms with E-state index in [1.54, 1.807) is 0 Å². The summed E-state index contributed by atoms with van der Waals surface area (Å²) >= 11 is 0. The molecule has 0 aromatic rings. The maximum atomic E-state index is 12.1. The van der Waals surface area contributed by atoms with Crippen molar-refractivity contribution in [3.63, 3.8) is 0 Å². The van der Waals surface area contributed by atoms with Crippen molar-refractivity contribution in [2.24, 2.45) is 5.92 Å². The summed E-state index contributed by atoms with van der Waals surface area (Å²) in [6, 6.07) is -0.603. The molecule has 1 N–H and O–H groups in total. The van der Waals surface area contributed by atoms with Gasteiger partial charge in [-0.15, -0.1) is 0 Å². The molecule has 1 amide bonds. The van der Waals surface area contributed by atoms with Gasteiger partial charge in [0.05, 0.1) is 0 Å². The van der Waals surface area contributed by atoms with Crippen molar-refractivity contribution in [1.82, 2.24) is 5.32 Å². The lowest BCUT2D eigenvalue weighted by atomic mass is 10.0. The summed E-state index contributed by atoms with van der Waals surface area (Å²) < 4.78 is 10.5. The van der Waals surface area contributed by atoms with Crippen molar-refractivity contribution >= 4 is 11.9 Å². The van der Waals surface area contributed by atoms with Crippen LogP contribution >= 0.6 is 0 Å². The first-order valence-electron chi connectivity index (χ1n) is 7.27. The summed E-state index contributed by atoms with van der Waals surface area (Å²) in [5.41, 5.74) is -0.552. The lowest BCUT2D eigenvalue weighted by Gasteiger charge is -2.26. The topological polar surface area (TPSA) is 64.6 Å². The second kappa shape index (κ2) is 8.95. The van der Waals surface area contributed by atoms with Crippen molar-refractivity contribution in [2.75, 3.05) is 13.2 Å². The number of carbonyl (C=O) groups is 2. The van der Waals surface area contributed by atoms with Gasteiger partial charge in [0.25, 0.3) is 0 Å². The Bertz CT molecular complexity index is 307. The molecule has 0 fully saturated rings. The van der Waals surface area contributed by atoms with Gasteiger partial charge in [-0.05, 0) is 40.0 Å². The van der Waals surface area contributed by atoms with Crippen LogP contribution in [0.2, 0.25) is 0 Å². The van der Waals surface area contributed by atoms with Crippen LogP contribution < -0.4 is 5.32 Å². The summed E-state index contributed by atoms with van der Waals surface area (Å²) in [7, 11) is 0. The molecule has 5 heteroatoms. The normalized spacial score (nSPS) is 13.2. The first-order chi connectivity index (χ1) is 9.17. The molecule has 20 heavy (non-hydrogen) atoms. The molecular weight excluding hydrogens is 258 g/mol. The molecule has 0 spiro atoms. The number of amides is 1. The van der Waals surface area contributed by atoms with Crippen LogP contribution in [0.5, 0.6) is 0 Å². The number of nitrogens with one attached hydrogen (secondary N) is 1. The van der Waals surface area contributed by atoms with Crippen LogP contribution in [-0.4, -0.2) is 36.7 Å². The van der Waals surface area contributed by atoms with Gasteiger partial charge < -0.3 is 14.8 Å². The van der Waals surface area contributed by atoms with Crippen molar-refractivity contribution in [2.45, 2.75) is 66.0 Å². The Balaban J connectivity index is 4.33. The molecule has 0 aromatic carbocycles.